The van der Waals surface area contributed by atoms with Crippen molar-refractivity contribution in [3.63, 3.8) is 0 Å². The van der Waals surface area contributed by atoms with Gasteiger partial charge >= 0.3 is 0 Å². The number of nitrogens with zero attached hydrogens (tertiary/aromatic N) is 2. The van der Waals surface area contributed by atoms with Crippen molar-refractivity contribution < 1.29 is 14.1 Å². The lowest BCUT2D eigenvalue weighted by Crippen LogP contribution is -2.42. The van der Waals surface area contributed by atoms with Crippen molar-refractivity contribution in [3.05, 3.63) is 39.9 Å². The fraction of sp³-hybridized carbons (Fsp3) is 0.471. The van der Waals surface area contributed by atoms with E-state index in [-0.39, 0.29) is 29.3 Å². The van der Waals surface area contributed by atoms with Crippen LogP contribution >= 0.6 is 11.3 Å². The van der Waals surface area contributed by atoms with Gasteiger partial charge in [0.25, 0.3) is 5.91 Å². The number of hydrogen-bond acceptors (Lipinski definition) is 5. The number of rotatable bonds is 4. The van der Waals surface area contributed by atoms with Gasteiger partial charge < -0.3 is 9.42 Å². The summed E-state index contributed by atoms with van der Waals surface area (Å²) in [5, 5.41) is 5.84. The van der Waals surface area contributed by atoms with Crippen molar-refractivity contribution >= 4 is 23.0 Å². The summed E-state index contributed by atoms with van der Waals surface area (Å²) in [5.41, 5.74) is 0.775. The molecule has 3 heterocycles. The van der Waals surface area contributed by atoms with Gasteiger partial charge in [-0.15, -0.1) is 11.3 Å². The number of thiophene rings is 1. The summed E-state index contributed by atoms with van der Waals surface area (Å²) in [7, 11) is 0. The van der Waals surface area contributed by atoms with Gasteiger partial charge in [-0.2, -0.15) is 0 Å². The zero-order valence-corrected chi connectivity index (χ0v) is 14.1. The van der Waals surface area contributed by atoms with E-state index in [1.165, 1.54) is 11.3 Å². The first-order chi connectivity index (χ1) is 11.1. The Morgan fingerprint density at radius 3 is 2.91 bits per heavy atom. The normalized spacial score (nSPS) is 18.4. The van der Waals surface area contributed by atoms with Gasteiger partial charge in [0.2, 0.25) is 5.76 Å². The molecule has 5 nitrogen and oxygen atoms in total. The molecule has 2 aromatic rings. The first-order valence-electron chi connectivity index (χ1n) is 7.90. The second-order valence-corrected chi connectivity index (χ2v) is 7.15. The van der Waals surface area contributed by atoms with E-state index in [9.17, 15) is 9.59 Å². The first-order valence-corrected chi connectivity index (χ1v) is 8.78. The molecule has 0 spiro atoms. The van der Waals surface area contributed by atoms with Crippen molar-refractivity contribution in [2.45, 2.75) is 32.6 Å². The Labute approximate surface area is 139 Å². The highest BCUT2D eigenvalue weighted by Crippen LogP contribution is 2.25. The minimum atomic E-state index is -0.173. The highest BCUT2D eigenvalue weighted by Gasteiger charge is 2.31. The van der Waals surface area contributed by atoms with Gasteiger partial charge in [0.15, 0.2) is 5.78 Å². The molecule has 0 unspecified atom stereocenters. The highest BCUT2D eigenvalue weighted by molar-refractivity contribution is 7.12. The summed E-state index contributed by atoms with van der Waals surface area (Å²) in [6.07, 6.45) is 1.66. The number of piperidine rings is 1. The summed E-state index contributed by atoms with van der Waals surface area (Å²) >= 11 is 1.46. The van der Waals surface area contributed by atoms with Crippen molar-refractivity contribution in [2.75, 3.05) is 13.1 Å². The van der Waals surface area contributed by atoms with E-state index in [0.717, 1.165) is 23.4 Å². The number of carbonyl (C=O) groups excluding carboxylic acids is 2. The molecule has 1 amide bonds. The summed E-state index contributed by atoms with van der Waals surface area (Å²) in [6.45, 7) is 5.11. The lowest BCUT2D eigenvalue weighted by Gasteiger charge is -2.31. The maximum absolute atomic E-state index is 12.6. The van der Waals surface area contributed by atoms with Crippen LogP contribution in [0, 0.1) is 5.92 Å². The third-order valence-corrected chi connectivity index (χ3v) is 5.06. The van der Waals surface area contributed by atoms with Gasteiger partial charge in [-0.1, -0.05) is 25.1 Å². The van der Waals surface area contributed by atoms with E-state index in [1.54, 1.807) is 11.0 Å². The molecule has 0 bridgehead atoms. The van der Waals surface area contributed by atoms with Crippen LogP contribution in [0.2, 0.25) is 0 Å². The van der Waals surface area contributed by atoms with Gasteiger partial charge in [-0.3, -0.25) is 9.59 Å². The SMILES string of the molecule is CC(C)c1cc(C(=O)N2CCC[C@@H](C(=O)c3cccs3)C2)on1. The lowest BCUT2D eigenvalue weighted by molar-refractivity contribution is 0.0604. The van der Waals surface area contributed by atoms with Crippen LogP contribution < -0.4 is 0 Å². The van der Waals surface area contributed by atoms with Gasteiger partial charge in [-0.05, 0) is 30.2 Å². The zero-order valence-electron chi connectivity index (χ0n) is 13.3. The molecule has 0 aliphatic carbocycles. The van der Waals surface area contributed by atoms with E-state index in [4.69, 9.17) is 4.52 Å². The molecule has 122 valence electrons. The van der Waals surface area contributed by atoms with Gasteiger partial charge in [0.05, 0.1) is 10.6 Å². The third-order valence-electron chi connectivity index (χ3n) is 4.17. The Balaban J connectivity index is 1.70. The maximum atomic E-state index is 12.6. The molecular weight excluding hydrogens is 312 g/mol. The molecule has 0 N–H and O–H groups in total. The van der Waals surface area contributed by atoms with Crippen molar-refractivity contribution in [2.24, 2.45) is 5.92 Å². The molecule has 0 radical (unpaired) electrons. The Morgan fingerprint density at radius 2 is 2.26 bits per heavy atom. The molecule has 1 aliphatic heterocycles. The largest absolute Gasteiger partial charge is 0.351 e. The molecule has 0 saturated carbocycles. The van der Waals surface area contributed by atoms with E-state index in [2.05, 4.69) is 5.16 Å². The summed E-state index contributed by atoms with van der Waals surface area (Å²) in [4.78, 5) is 27.6. The first kappa shape index (κ1) is 15.9. The second kappa shape index (κ2) is 6.66. The van der Waals surface area contributed by atoms with Crippen molar-refractivity contribution in [3.8, 4) is 0 Å². The quantitative estimate of drug-likeness (QED) is 0.803. The molecule has 1 aliphatic rings. The molecule has 0 aromatic carbocycles. The number of hydrogen-bond donors (Lipinski definition) is 0. The summed E-state index contributed by atoms with van der Waals surface area (Å²) < 4.78 is 5.18. The van der Waals surface area contributed by atoms with Crippen molar-refractivity contribution in [1.29, 1.82) is 0 Å². The van der Waals surface area contributed by atoms with Crippen LogP contribution in [0.25, 0.3) is 0 Å². The highest BCUT2D eigenvalue weighted by atomic mass is 32.1. The Hall–Kier alpha value is -1.95. The molecule has 1 saturated heterocycles. The van der Waals surface area contributed by atoms with Crippen LogP contribution in [0.3, 0.4) is 0 Å². The van der Waals surface area contributed by atoms with Crippen LogP contribution in [-0.4, -0.2) is 34.8 Å². The monoisotopic (exact) mass is 332 g/mol. The smallest absolute Gasteiger partial charge is 0.292 e. The fourth-order valence-corrected chi connectivity index (χ4v) is 3.56. The average molecular weight is 332 g/mol. The maximum Gasteiger partial charge on any atom is 0.292 e. The number of amides is 1. The Kier molecular flexibility index (Phi) is 4.61. The third kappa shape index (κ3) is 3.37. The Morgan fingerprint density at radius 1 is 1.43 bits per heavy atom. The van der Waals surface area contributed by atoms with E-state index < -0.39 is 0 Å². The minimum absolute atomic E-state index is 0.126. The number of likely N-dealkylation sites (tertiary alicyclic amines) is 1. The summed E-state index contributed by atoms with van der Waals surface area (Å²) in [5.74, 6) is 0.317. The topological polar surface area (TPSA) is 63.4 Å². The second-order valence-electron chi connectivity index (χ2n) is 6.20. The predicted molar refractivity (Wildman–Crippen MR) is 87.9 cm³/mol. The van der Waals surface area contributed by atoms with Gasteiger partial charge in [-0.25, -0.2) is 0 Å². The zero-order chi connectivity index (χ0) is 16.4. The van der Waals surface area contributed by atoms with E-state index in [1.807, 2.05) is 31.4 Å². The molecule has 3 rings (SSSR count). The Bertz CT molecular complexity index is 691. The molecule has 1 atom stereocenters. The van der Waals surface area contributed by atoms with Crippen molar-refractivity contribution in [1.82, 2.24) is 10.1 Å². The molecular formula is C17H20N2O3S. The van der Waals surface area contributed by atoms with Crippen LogP contribution in [-0.2, 0) is 0 Å². The molecule has 23 heavy (non-hydrogen) atoms. The molecule has 6 heteroatoms. The number of ketones is 1. The molecule has 2 aromatic heterocycles. The standard InChI is InChI=1S/C17H20N2O3S/c1-11(2)13-9-14(22-18-13)17(21)19-7-3-5-12(10-19)16(20)15-6-4-8-23-15/h4,6,8-9,11-12H,3,5,7,10H2,1-2H3/t12-/m1/s1. The lowest BCUT2D eigenvalue weighted by atomic mass is 9.93. The van der Waals surface area contributed by atoms with Crippen LogP contribution in [0.1, 0.15) is 58.5 Å². The molecule has 1 fully saturated rings. The van der Waals surface area contributed by atoms with E-state index >= 15 is 0 Å². The number of aromatic nitrogens is 1. The summed E-state index contributed by atoms with van der Waals surface area (Å²) in [6, 6.07) is 5.43. The van der Waals surface area contributed by atoms with Gasteiger partial charge in [0, 0.05) is 25.1 Å². The average Bonchev–Trinajstić information content (AvgIpc) is 3.25. The minimum Gasteiger partial charge on any atom is -0.351 e. The number of carbonyl (C=O) groups is 2. The van der Waals surface area contributed by atoms with Crippen LogP contribution in [0.4, 0.5) is 0 Å². The predicted octanol–water partition coefficient (Wildman–Crippen LogP) is 3.59. The fourth-order valence-electron chi connectivity index (χ4n) is 2.81. The van der Waals surface area contributed by atoms with Crippen LogP contribution in [0.15, 0.2) is 28.1 Å². The number of Topliss-reactive ketones (excluding diaryl/α,β-unsaturated/α-hetero) is 1. The van der Waals surface area contributed by atoms with Gasteiger partial charge in [0.1, 0.15) is 0 Å². The van der Waals surface area contributed by atoms with Crippen LogP contribution in [0.5, 0.6) is 0 Å². The van der Waals surface area contributed by atoms with E-state index in [0.29, 0.717) is 13.1 Å².